The molecule has 0 spiro atoms. The molecule has 1 aromatic rings. The Bertz CT molecular complexity index is 458. The number of alkyl halides is 4. The van der Waals surface area contributed by atoms with Crippen molar-refractivity contribution in [2.75, 3.05) is 12.5 Å². The molecule has 18 heavy (non-hydrogen) atoms. The van der Waals surface area contributed by atoms with Crippen LogP contribution in [0.2, 0.25) is 0 Å². The second kappa shape index (κ2) is 6.55. The van der Waals surface area contributed by atoms with Crippen LogP contribution in [0.5, 0.6) is 5.75 Å². The van der Waals surface area contributed by atoms with Gasteiger partial charge in [0, 0.05) is 17.9 Å². The van der Waals surface area contributed by atoms with Crippen LogP contribution in [-0.4, -0.2) is 18.7 Å². The quantitative estimate of drug-likeness (QED) is 0.601. The highest BCUT2D eigenvalue weighted by molar-refractivity contribution is 6.18. The summed E-state index contributed by atoms with van der Waals surface area (Å²) in [6.07, 6.45) is -3.75. The summed E-state index contributed by atoms with van der Waals surface area (Å²) in [6, 6.07) is 4.80. The van der Waals surface area contributed by atoms with Gasteiger partial charge in [-0.1, -0.05) is 11.8 Å². The van der Waals surface area contributed by atoms with Crippen LogP contribution in [-0.2, 0) is 0 Å². The number of hydrogen-bond donors (Lipinski definition) is 0. The number of ether oxygens (including phenoxy) is 1. The average molecular weight is 277 g/mol. The second-order valence-electron chi connectivity index (χ2n) is 3.62. The van der Waals surface area contributed by atoms with Crippen LogP contribution in [0, 0.1) is 18.8 Å². The Morgan fingerprint density at radius 2 is 2.06 bits per heavy atom. The number of benzene rings is 1. The highest BCUT2D eigenvalue weighted by Crippen LogP contribution is 2.22. The first-order chi connectivity index (χ1) is 8.42. The van der Waals surface area contributed by atoms with E-state index in [1.807, 2.05) is 0 Å². The minimum absolute atomic E-state index is 0.218. The third-order valence-corrected chi connectivity index (χ3v) is 2.21. The maximum atomic E-state index is 12.0. The van der Waals surface area contributed by atoms with Crippen LogP contribution in [0.1, 0.15) is 17.5 Å². The lowest BCUT2D eigenvalue weighted by atomic mass is 10.1. The van der Waals surface area contributed by atoms with Gasteiger partial charge in [-0.2, -0.15) is 13.2 Å². The molecule has 98 valence electrons. The highest BCUT2D eigenvalue weighted by Gasteiger charge is 2.28. The summed E-state index contributed by atoms with van der Waals surface area (Å²) in [7, 11) is 0. The molecule has 1 nitrogen and oxygen atoms in total. The Kier molecular flexibility index (Phi) is 5.36. The van der Waals surface area contributed by atoms with Crippen LogP contribution < -0.4 is 4.74 Å². The summed E-state index contributed by atoms with van der Waals surface area (Å²) in [5.41, 5.74) is 1.36. The number of hydrogen-bond acceptors (Lipinski definition) is 1. The van der Waals surface area contributed by atoms with E-state index in [2.05, 4.69) is 16.6 Å². The molecule has 0 unspecified atom stereocenters. The smallest absolute Gasteiger partial charge is 0.422 e. The first-order valence-corrected chi connectivity index (χ1v) is 5.81. The zero-order valence-corrected chi connectivity index (χ0v) is 10.5. The minimum Gasteiger partial charge on any atom is -0.484 e. The second-order valence-corrected chi connectivity index (χ2v) is 4.00. The van der Waals surface area contributed by atoms with Crippen molar-refractivity contribution in [3.63, 3.8) is 0 Å². The first kappa shape index (κ1) is 14.7. The highest BCUT2D eigenvalue weighted by atomic mass is 35.5. The van der Waals surface area contributed by atoms with Crippen molar-refractivity contribution in [2.24, 2.45) is 0 Å². The van der Waals surface area contributed by atoms with E-state index >= 15 is 0 Å². The maximum absolute atomic E-state index is 12.0. The van der Waals surface area contributed by atoms with Crippen molar-refractivity contribution in [1.82, 2.24) is 0 Å². The van der Waals surface area contributed by atoms with E-state index in [0.29, 0.717) is 17.9 Å². The average Bonchev–Trinajstić information content (AvgIpc) is 2.27. The minimum atomic E-state index is -4.33. The fourth-order valence-electron chi connectivity index (χ4n) is 1.26. The van der Waals surface area contributed by atoms with E-state index < -0.39 is 12.8 Å². The molecule has 0 amide bonds. The molecule has 0 aliphatic heterocycles. The lowest BCUT2D eigenvalue weighted by Gasteiger charge is -2.11. The fourth-order valence-corrected chi connectivity index (χ4v) is 1.35. The normalized spacial score (nSPS) is 10.7. The monoisotopic (exact) mass is 276 g/mol. The van der Waals surface area contributed by atoms with Crippen molar-refractivity contribution in [1.29, 1.82) is 0 Å². The summed E-state index contributed by atoms with van der Waals surface area (Å²) in [4.78, 5) is 0. The standard InChI is InChI=1S/C13H12ClF3O/c1-10-8-11(4-2-3-7-14)5-6-12(10)18-9-13(15,16)17/h5-6,8H,3,7,9H2,1H3. The molecule has 5 heteroatoms. The van der Waals surface area contributed by atoms with Gasteiger partial charge in [0.1, 0.15) is 5.75 Å². The molecule has 0 aromatic heterocycles. The molecule has 0 N–H and O–H groups in total. The Morgan fingerprint density at radius 1 is 1.33 bits per heavy atom. The molecule has 1 aromatic carbocycles. The molecule has 0 bridgehead atoms. The Labute approximate surface area is 109 Å². The first-order valence-electron chi connectivity index (χ1n) is 5.27. The zero-order chi connectivity index (χ0) is 13.6. The van der Waals surface area contributed by atoms with Crippen molar-refractivity contribution >= 4 is 11.6 Å². The predicted molar refractivity (Wildman–Crippen MR) is 64.9 cm³/mol. The van der Waals surface area contributed by atoms with Gasteiger partial charge in [-0.3, -0.25) is 0 Å². The van der Waals surface area contributed by atoms with E-state index in [-0.39, 0.29) is 5.75 Å². The summed E-state index contributed by atoms with van der Waals surface area (Å²) in [5, 5.41) is 0. The molecular formula is C13H12ClF3O. The lowest BCUT2D eigenvalue weighted by Crippen LogP contribution is -2.19. The van der Waals surface area contributed by atoms with E-state index in [9.17, 15) is 13.2 Å². The van der Waals surface area contributed by atoms with Crippen molar-refractivity contribution in [3.05, 3.63) is 29.3 Å². The van der Waals surface area contributed by atoms with E-state index in [0.717, 1.165) is 5.56 Å². The summed E-state index contributed by atoms with van der Waals surface area (Å²) in [5.74, 6) is 6.40. The predicted octanol–water partition coefficient (Wildman–Crippen LogP) is 3.92. The fraction of sp³-hybridized carbons (Fsp3) is 0.385. The van der Waals surface area contributed by atoms with Crippen LogP contribution >= 0.6 is 11.6 Å². The topological polar surface area (TPSA) is 9.23 Å². The lowest BCUT2D eigenvalue weighted by molar-refractivity contribution is -0.153. The molecule has 0 heterocycles. The summed E-state index contributed by atoms with van der Waals surface area (Å²) >= 11 is 5.48. The van der Waals surface area contributed by atoms with Crippen molar-refractivity contribution < 1.29 is 17.9 Å². The van der Waals surface area contributed by atoms with Crippen LogP contribution in [0.25, 0.3) is 0 Å². The summed E-state index contributed by atoms with van der Waals surface area (Å²) < 4.78 is 40.7. The van der Waals surface area contributed by atoms with Crippen molar-refractivity contribution in [3.8, 4) is 17.6 Å². The molecular weight excluding hydrogens is 265 g/mol. The third-order valence-electron chi connectivity index (χ3n) is 2.02. The van der Waals surface area contributed by atoms with Crippen LogP contribution in [0.3, 0.4) is 0 Å². The number of aryl methyl sites for hydroxylation is 1. The van der Waals surface area contributed by atoms with Gasteiger partial charge in [0.25, 0.3) is 0 Å². The van der Waals surface area contributed by atoms with Gasteiger partial charge in [0.2, 0.25) is 0 Å². The van der Waals surface area contributed by atoms with Gasteiger partial charge in [-0.25, -0.2) is 0 Å². The van der Waals surface area contributed by atoms with E-state index in [1.54, 1.807) is 19.1 Å². The maximum Gasteiger partial charge on any atom is 0.422 e. The number of halogens is 4. The Hall–Kier alpha value is -1.34. The molecule has 0 aliphatic rings. The molecule has 0 atom stereocenters. The number of rotatable bonds is 3. The molecule has 0 radical (unpaired) electrons. The van der Waals surface area contributed by atoms with Gasteiger partial charge in [0.05, 0.1) is 0 Å². The Balaban J connectivity index is 2.72. The molecule has 0 saturated carbocycles. The van der Waals surface area contributed by atoms with E-state index in [1.165, 1.54) is 6.07 Å². The molecule has 1 rings (SSSR count). The molecule has 0 fully saturated rings. The molecule has 0 aliphatic carbocycles. The zero-order valence-electron chi connectivity index (χ0n) is 9.77. The van der Waals surface area contributed by atoms with Crippen molar-refractivity contribution in [2.45, 2.75) is 19.5 Å². The van der Waals surface area contributed by atoms with Gasteiger partial charge in [-0.15, -0.1) is 11.6 Å². The van der Waals surface area contributed by atoms with E-state index in [4.69, 9.17) is 11.6 Å². The van der Waals surface area contributed by atoms with Gasteiger partial charge in [-0.05, 0) is 30.7 Å². The van der Waals surface area contributed by atoms with Gasteiger partial charge in [0.15, 0.2) is 6.61 Å². The SMILES string of the molecule is Cc1cc(C#CCCCl)ccc1OCC(F)(F)F. The molecule has 0 saturated heterocycles. The Morgan fingerprint density at radius 3 is 2.61 bits per heavy atom. The van der Waals surface area contributed by atoms with Crippen LogP contribution in [0.15, 0.2) is 18.2 Å². The largest absolute Gasteiger partial charge is 0.484 e. The summed E-state index contributed by atoms with van der Waals surface area (Å²) in [6.45, 7) is 0.392. The third kappa shape index (κ3) is 5.33. The van der Waals surface area contributed by atoms with Gasteiger partial charge < -0.3 is 4.74 Å². The van der Waals surface area contributed by atoms with Crippen LogP contribution in [0.4, 0.5) is 13.2 Å². The van der Waals surface area contributed by atoms with Gasteiger partial charge >= 0.3 is 6.18 Å².